The predicted molar refractivity (Wildman–Crippen MR) is 98.2 cm³/mol. The third-order valence-corrected chi connectivity index (χ3v) is 4.33. The van der Waals surface area contributed by atoms with Crippen molar-refractivity contribution in [1.29, 1.82) is 0 Å². The molecule has 1 heterocycles. The van der Waals surface area contributed by atoms with E-state index in [2.05, 4.69) is 10.6 Å². The molecule has 0 aliphatic carbocycles. The van der Waals surface area contributed by atoms with Crippen LogP contribution in [0.15, 0.2) is 48.5 Å². The van der Waals surface area contributed by atoms with Gasteiger partial charge in [-0.2, -0.15) is 0 Å². The van der Waals surface area contributed by atoms with Gasteiger partial charge in [0.05, 0.1) is 0 Å². The van der Waals surface area contributed by atoms with Crippen molar-refractivity contribution in [3.8, 4) is 0 Å². The molecule has 1 aliphatic rings. The van der Waals surface area contributed by atoms with E-state index in [9.17, 15) is 18.8 Å². The molecule has 3 rings (SSSR count). The number of carbonyl (C=O) groups is 3. The predicted octanol–water partition coefficient (Wildman–Crippen LogP) is 2.05. The molecular weight excluding hydrogens is 349 g/mol. The van der Waals surface area contributed by atoms with Gasteiger partial charge in [-0.15, -0.1) is 0 Å². The molecule has 0 saturated carbocycles. The van der Waals surface area contributed by atoms with Gasteiger partial charge < -0.3 is 15.5 Å². The van der Waals surface area contributed by atoms with Gasteiger partial charge in [-0.05, 0) is 37.6 Å². The van der Waals surface area contributed by atoms with E-state index in [-0.39, 0.29) is 18.5 Å². The molecule has 7 heteroatoms. The maximum atomic E-state index is 13.2. The largest absolute Gasteiger partial charge is 0.344 e. The van der Waals surface area contributed by atoms with Gasteiger partial charge in [-0.25, -0.2) is 4.39 Å². The number of fused-ring (bicyclic) bond motifs is 1. The summed E-state index contributed by atoms with van der Waals surface area (Å²) in [7, 11) is 0. The molecule has 2 aromatic rings. The van der Waals surface area contributed by atoms with E-state index in [1.807, 2.05) is 26.0 Å². The Hall–Kier alpha value is -3.22. The quantitative estimate of drug-likeness (QED) is 0.810. The highest BCUT2D eigenvalue weighted by Crippen LogP contribution is 2.36. The lowest BCUT2D eigenvalue weighted by Gasteiger charge is -2.22. The van der Waals surface area contributed by atoms with Crippen molar-refractivity contribution in [3.63, 3.8) is 0 Å². The Bertz CT molecular complexity index is 898. The van der Waals surface area contributed by atoms with E-state index in [1.54, 1.807) is 23.1 Å². The molecule has 1 aliphatic heterocycles. The first kappa shape index (κ1) is 18.6. The molecule has 0 saturated heterocycles. The van der Waals surface area contributed by atoms with Gasteiger partial charge in [0, 0.05) is 23.8 Å². The van der Waals surface area contributed by atoms with Crippen LogP contribution in [0.1, 0.15) is 31.0 Å². The number of amides is 3. The number of nitrogens with one attached hydrogen (secondary N) is 2. The lowest BCUT2D eigenvalue weighted by Crippen LogP contribution is -2.45. The van der Waals surface area contributed by atoms with E-state index < -0.39 is 23.7 Å². The summed E-state index contributed by atoms with van der Waals surface area (Å²) in [6.07, 6.45) is 0. The molecule has 6 nitrogen and oxygen atoms in total. The van der Waals surface area contributed by atoms with E-state index >= 15 is 0 Å². The lowest BCUT2D eigenvalue weighted by atomic mass is 10.1. The van der Waals surface area contributed by atoms with Crippen molar-refractivity contribution in [3.05, 3.63) is 65.5 Å². The number of rotatable bonds is 4. The average molecular weight is 369 g/mol. The van der Waals surface area contributed by atoms with Gasteiger partial charge in [0.1, 0.15) is 11.9 Å². The first-order chi connectivity index (χ1) is 12.9. The Morgan fingerprint density at radius 2 is 1.85 bits per heavy atom. The SMILES string of the molecule is CC(C)N1C(=O)C(NC(=O)C(=O)NCc2cccc(F)c2)c2ccccc21. The molecule has 27 heavy (non-hydrogen) atoms. The minimum atomic E-state index is -0.912. The summed E-state index contributed by atoms with van der Waals surface area (Å²) in [5.74, 6) is -2.50. The van der Waals surface area contributed by atoms with Crippen molar-refractivity contribution >= 4 is 23.4 Å². The minimum Gasteiger partial charge on any atom is -0.344 e. The van der Waals surface area contributed by atoms with Crippen molar-refractivity contribution in [2.45, 2.75) is 32.5 Å². The van der Waals surface area contributed by atoms with Crippen molar-refractivity contribution in [2.24, 2.45) is 0 Å². The van der Waals surface area contributed by atoms with Crippen LogP contribution in [0, 0.1) is 5.82 Å². The number of nitrogens with zero attached hydrogens (tertiary/aromatic N) is 1. The maximum absolute atomic E-state index is 13.2. The van der Waals surface area contributed by atoms with Crippen molar-refractivity contribution in [2.75, 3.05) is 4.90 Å². The Labute approximate surface area is 156 Å². The van der Waals surface area contributed by atoms with Crippen LogP contribution in [-0.2, 0) is 20.9 Å². The zero-order chi connectivity index (χ0) is 19.6. The number of halogens is 1. The summed E-state index contributed by atoms with van der Waals surface area (Å²) in [6.45, 7) is 3.77. The molecule has 1 atom stereocenters. The third-order valence-electron chi connectivity index (χ3n) is 4.33. The average Bonchev–Trinajstić information content (AvgIpc) is 2.91. The number of benzene rings is 2. The summed E-state index contributed by atoms with van der Waals surface area (Å²) < 4.78 is 13.2. The second-order valence-electron chi connectivity index (χ2n) is 6.58. The summed E-state index contributed by atoms with van der Waals surface area (Å²) in [6, 6.07) is 11.9. The van der Waals surface area contributed by atoms with Gasteiger partial charge in [0.25, 0.3) is 5.91 Å². The Balaban J connectivity index is 1.68. The number of hydrogen-bond acceptors (Lipinski definition) is 3. The normalized spacial score (nSPS) is 15.6. The summed E-state index contributed by atoms with van der Waals surface area (Å²) >= 11 is 0. The number of para-hydroxylation sites is 1. The zero-order valence-corrected chi connectivity index (χ0v) is 15.0. The topological polar surface area (TPSA) is 78.5 Å². The van der Waals surface area contributed by atoms with Gasteiger partial charge in [-0.1, -0.05) is 30.3 Å². The number of anilines is 1. The third kappa shape index (κ3) is 3.81. The van der Waals surface area contributed by atoms with E-state index in [0.717, 1.165) is 5.69 Å². The highest BCUT2D eigenvalue weighted by atomic mass is 19.1. The van der Waals surface area contributed by atoms with Gasteiger partial charge in [0.2, 0.25) is 0 Å². The Kier molecular flexibility index (Phi) is 5.21. The molecular formula is C20H20FN3O3. The molecule has 1 unspecified atom stereocenters. The molecule has 0 radical (unpaired) electrons. The second kappa shape index (κ2) is 7.57. The summed E-state index contributed by atoms with van der Waals surface area (Å²) in [5, 5.41) is 4.93. The fourth-order valence-corrected chi connectivity index (χ4v) is 3.12. The van der Waals surface area contributed by atoms with Gasteiger partial charge >= 0.3 is 11.8 Å². The monoisotopic (exact) mass is 369 g/mol. The first-order valence-corrected chi connectivity index (χ1v) is 8.63. The van der Waals surface area contributed by atoms with Crippen LogP contribution in [0.5, 0.6) is 0 Å². The molecule has 2 N–H and O–H groups in total. The van der Waals surface area contributed by atoms with Crippen LogP contribution < -0.4 is 15.5 Å². The molecule has 0 fully saturated rings. The minimum absolute atomic E-state index is 0.0112. The molecule has 0 spiro atoms. The summed E-state index contributed by atoms with van der Waals surface area (Å²) in [4.78, 5) is 38.7. The van der Waals surface area contributed by atoms with E-state index in [4.69, 9.17) is 0 Å². The first-order valence-electron chi connectivity index (χ1n) is 8.63. The maximum Gasteiger partial charge on any atom is 0.310 e. The number of carbonyl (C=O) groups excluding carboxylic acids is 3. The van der Waals surface area contributed by atoms with Crippen LogP contribution in [0.4, 0.5) is 10.1 Å². The van der Waals surface area contributed by atoms with Crippen LogP contribution in [-0.4, -0.2) is 23.8 Å². The standard InChI is InChI=1S/C20H20FN3O3/c1-12(2)24-16-9-4-3-8-15(16)17(20(24)27)23-19(26)18(25)22-11-13-6-5-7-14(21)10-13/h3-10,12,17H,11H2,1-2H3,(H,22,25)(H,23,26). The van der Waals surface area contributed by atoms with Gasteiger partial charge in [0.15, 0.2) is 0 Å². The molecule has 0 bridgehead atoms. The van der Waals surface area contributed by atoms with E-state index in [0.29, 0.717) is 11.1 Å². The van der Waals surface area contributed by atoms with Gasteiger partial charge in [-0.3, -0.25) is 14.4 Å². The highest BCUT2D eigenvalue weighted by molar-refractivity contribution is 6.35. The fourth-order valence-electron chi connectivity index (χ4n) is 3.12. The van der Waals surface area contributed by atoms with E-state index in [1.165, 1.54) is 18.2 Å². The Morgan fingerprint density at radius 3 is 2.56 bits per heavy atom. The smallest absolute Gasteiger partial charge is 0.310 e. The van der Waals surface area contributed by atoms with Crippen molar-refractivity contribution < 1.29 is 18.8 Å². The molecule has 2 aromatic carbocycles. The molecule has 3 amide bonds. The van der Waals surface area contributed by atoms with Crippen LogP contribution >= 0.6 is 0 Å². The Morgan fingerprint density at radius 1 is 1.11 bits per heavy atom. The molecule has 140 valence electrons. The highest BCUT2D eigenvalue weighted by Gasteiger charge is 2.39. The summed E-state index contributed by atoms with van der Waals surface area (Å²) in [5.41, 5.74) is 1.91. The fraction of sp³-hybridized carbons (Fsp3) is 0.250. The second-order valence-corrected chi connectivity index (χ2v) is 6.58. The van der Waals surface area contributed by atoms with Crippen LogP contribution in [0.3, 0.4) is 0 Å². The van der Waals surface area contributed by atoms with Crippen molar-refractivity contribution in [1.82, 2.24) is 10.6 Å². The lowest BCUT2D eigenvalue weighted by molar-refractivity contribution is -0.140. The zero-order valence-electron chi connectivity index (χ0n) is 15.0. The van der Waals surface area contributed by atoms with Crippen LogP contribution in [0.25, 0.3) is 0 Å². The number of hydrogen-bond donors (Lipinski definition) is 2. The molecule has 0 aromatic heterocycles. The van der Waals surface area contributed by atoms with Crippen LogP contribution in [0.2, 0.25) is 0 Å².